The van der Waals surface area contributed by atoms with E-state index < -0.39 is 0 Å². The average molecular weight is 250 g/mol. The van der Waals surface area contributed by atoms with E-state index in [9.17, 15) is 0 Å². The molecule has 0 aromatic carbocycles. The summed E-state index contributed by atoms with van der Waals surface area (Å²) in [4.78, 5) is 0. The van der Waals surface area contributed by atoms with Gasteiger partial charge < -0.3 is 5.11 Å². The van der Waals surface area contributed by atoms with Crippen LogP contribution in [0, 0.1) is 11.5 Å². The fraction of sp³-hybridized carbons (Fsp3) is 0. The van der Waals surface area contributed by atoms with Crippen LogP contribution in [0.5, 0.6) is 0 Å². The van der Waals surface area contributed by atoms with Gasteiger partial charge in [-0.05, 0) is 0 Å². The molecular formula is CHNOPb. The molecule has 2 nitrogen and oxygen atoms in total. The van der Waals surface area contributed by atoms with Crippen LogP contribution in [0.2, 0.25) is 0 Å². The van der Waals surface area contributed by atoms with Crippen LogP contribution in [0.4, 0.5) is 0 Å². The molecule has 0 unspecified atom stereocenters. The van der Waals surface area contributed by atoms with Crippen molar-refractivity contribution in [3.05, 3.63) is 0 Å². The Hall–Kier alpha value is 0.212. The third kappa shape index (κ3) is 72.3. The minimum Gasteiger partial charge on any atom is -0.443 e. The van der Waals surface area contributed by atoms with E-state index in [1.165, 1.54) is 0 Å². The van der Waals surface area contributed by atoms with Gasteiger partial charge in [0.15, 0.2) is 0 Å². The van der Waals surface area contributed by atoms with Crippen molar-refractivity contribution < 1.29 is 5.11 Å². The molecule has 0 aromatic heterocycles. The molecule has 0 aliphatic heterocycles. The Kier molecular flexibility index (Phi) is 23.8. The van der Waals surface area contributed by atoms with Gasteiger partial charge in [-0.2, -0.15) is 5.26 Å². The molecule has 0 heterocycles. The number of nitriles is 1. The largest absolute Gasteiger partial charge is 0.443 e. The molecule has 20 valence electrons. The smallest absolute Gasteiger partial charge is 0.283 e. The van der Waals surface area contributed by atoms with Crippen molar-refractivity contribution >= 4 is 27.3 Å². The standard InChI is InChI=1S/CHNO.Pb/c2-1-3;/h3H;. The molecule has 0 rings (SSSR count). The molecule has 4 radical (unpaired) electrons. The van der Waals surface area contributed by atoms with E-state index in [0.717, 1.165) is 6.26 Å². The molecule has 0 fully saturated rings. The van der Waals surface area contributed by atoms with E-state index in [1.807, 2.05) is 0 Å². The van der Waals surface area contributed by atoms with Crippen LogP contribution in [0.25, 0.3) is 0 Å². The quantitative estimate of drug-likeness (QED) is 0.463. The van der Waals surface area contributed by atoms with Crippen molar-refractivity contribution in [1.82, 2.24) is 0 Å². The van der Waals surface area contributed by atoms with E-state index in [-0.39, 0.29) is 27.3 Å². The number of aliphatic hydroxyl groups is 1. The minimum atomic E-state index is 0. The number of nitrogens with zero attached hydrogens (tertiary/aromatic N) is 1. The van der Waals surface area contributed by atoms with E-state index >= 15 is 0 Å². The first-order valence-electron chi connectivity index (χ1n) is 0.447. The van der Waals surface area contributed by atoms with Crippen molar-refractivity contribution in [1.29, 1.82) is 5.26 Å². The summed E-state index contributed by atoms with van der Waals surface area (Å²) in [7, 11) is 0. The molecule has 0 spiro atoms. The monoisotopic (exact) mass is 251 g/mol. The van der Waals surface area contributed by atoms with E-state index in [2.05, 4.69) is 0 Å². The number of hydrogen-bond donors (Lipinski definition) is 1. The maximum absolute atomic E-state index is 6.88. The predicted molar refractivity (Wildman–Crippen MR) is 13.3 cm³/mol. The Morgan fingerprint density at radius 1 is 1.75 bits per heavy atom. The normalized spacial score (nSPS) is 1.75. The second-order valence-electron chi connectivity index (χ2n) is 0.100. The van der Waals surface area contributed by atoms with Crippen LogP contribution in [-0.2, 0) is 0 Å². The zero-order valence-electron chi connectivity index (χ0n) is 1.89. The van der Waals surface area contributed by atoms with E-state index in [1.54, 1.807) is 0 Å². The van der Waals surface area contributed by atoms with Crippen molar-refractivity contribution in [2.24, 2.45) is 0 Å². The molecule has 0 saturated heterocycles. The predicted octanol–water partition coefficient (Wildman–Crippen LogP) is -0.541. The molecule has 0 aliphatic rings. The second-order valence-corrected chi connectivity index (χ2v) is 0.100. The SMILES string of the molecule is N#CO.[Pb]. The molecule has 0 bridgehead atoms. The summed E-state index contributed by atoms with van der Waals surface area (Å²) < 4.78 is 0. The summed E-state index contributed by atoms with van der Waals surface area (Å²) in [6.45, 7) is 0. The molecule has 0 aromatic rings. The first-order chi connectivity index (χ1) is 1.41. The van der Waals surface area contributed by atoms with Crippen LogP contribution in [0.3, 0.4) is 0 Å². The molecule has 0 saturated carbocycles. The van der Waals surface area contributed by atoms with Crippen molar-refractivity contribution in [2.75, 3.05) is 0 Å². The number of aliphatic hydroxyl groups excluding tert-OH is 1. The molecular weight excluding hydrogens is 249 g/mol. The van der Waals surface area contributed by atoms with Gasteiger partial charge in [-0.1, -0.05) is 0 Å². The molecule has 0 atom stereocenters. The van der Waals surface area contributed by atoms with Crippen LogP contribution in [0.1, 0.15) is 0 Å². The fourth-order valence-corrected chi connectivity index (χ4v) is 0. The van der Waals surface area contributed by atoms with Crippen molar-refractivity contribution in [3.63, 3.8) is 0 Å². The van der Waals surface area contributed by atoms with Crippen molar-refractivity contribution in [3.8, 4) is 6.26 Å². The number of rotatable bonds is 0. The minimum absolute atomic E-state index is 0. The zero-order valence-corrected chi connectivity index (χ0v) is 5.78. The van der Waals surface area contributed by atoms with Crippen LogP contribution >= 0.6 is 0 Å². The molecule has 3 heteroatoms. The maximum Gasteiger partial charge on any atom is 0.283 e. The summed E-state index contributed by atoms with van der Waals surface area (Å²) in [5.41, 5.74) is 0. The molecule has 0 amide bonds. The average Bonchev–Trinajstić information content (AvgIpc) is 0.918. The summed E-state index contributed by atoms with van der Waals surface area (Å²) in [5.74, 6) is 0. The first kappa shape index (κ1) is 8.88. The summed E-state index contributed by atoms with van der Waals surface area (Å²) in [6, 6.07) is 0. The van der Waals surface area contributed by atoms with Gasteiger partial charge in [-0.3, -0.25) is 0 Å². The summed E-state index contributed by atoms with van der Waals surface area (Å²) >= 11 is 0. The van der Waals surface area contributed by atoms with Gasteiger partial charge in [0.2, 0.25) is 0 Å². The van der Waals surface area contributed by atoms with E-state index in [4.69, 9.17) is 10.4 Å². The second kappa shape index (κ2) is 10.7. The van der Waals surface area contributed by atoms with Gasteiger partial charge in [-0.15, -0.1) is 0 Å². The van der Waals surface area contributed by atoms with Crippen LogP contribution in [-0.4, -0.2) is 32.4 Å². The van der Waals surface area contributed by atoms with Crippen molar-refractivity contribution in [2.45, 2.75) is 0 Å². The topological polar surface area (TPSA) is 44.0 Å². The Bertz CT molecular complexity index is 29.5. The Morgan fingerprint density at radius 2 is 1.75 bits per heavy atom. The van der Waals surface area contributed by atoms with Gasteiger partial charge in [0, 0.05) is 27.3 Å². The molecule has 1 N–H and O–H groups in total. The summed E-state index contributed by atoms with van der Waals surface area (Å²) in [6.07, 6.45) is 0.750. The van der Waals surface area contributed by atoms with Gasteiger partial charge in [-0.25, -0.2) is 0 Å². The van der Waals surface area contributed by atoms with Gasteiger partial charge in [0.05, 0.1) is 0 Å². The Balaban J connectivity index is 0. The third-order valence-electron chi connectivity index (χ3n) is 0. The fourth-order valence-electron chi connectivity index (χ4n) is 0. The van der Waals surface area contributed by atoms with Crippen LogP contribution in [0.15, 0.2) is 0 Å². The first-order valence-corrected chi connectivity index (χ1v) is 0.447. The summed E-state index contributed by atoms with van der Waals surface area (Å²) in [5, 5.41) is 13.8. The van der Waals surface area contributed by atoms with E-state index in [0.29, 0.717) is 0 Å². The van der Waals surface area contributed by atoms with Crippen LogP contribution < -0.4 is 0 Å². The Labute approximate surface area is 44.2 Å². The zero-order chi connectivity index (χ0) is 2.71. The maximum atomic E-state index is 6.88. The molecule has 4 heavy (non-hydrogen) atoms. The van der Waals surface area contributed by atoms with Gasteiger partial charge >= 0.3 is 0 Å². The molecule has 0 aliphatic carbocycles. The van der Waals surface area contributed by atoms with Gasteiger partial charge in [0.1, 0.15) is 0 Å². The number of hydrogen-bond acceptors (Lipinski definition) is 2. The Morgan fingerprint density at radius 3 is 1.75 bits per heavy atom. The van der Waals surface area contributed by atoms with Gasteiger partial charge in [0.25, 0.3) is 6.26 Å². The third-order valence-corrected chi connectivity index (χ3v) is 0.